The Morgan fingerprint density at radius 1 is 1.12 bits per heavy atom. The quantitative estimate of drug-likeness (QED) is 0.637. The van der Waals surface area contributed by atoms with Gasteiger partial charge in [-0.15, -0.1) is 0 Å². The van der Waals surface area contributed by atoms with Gasteiger partial charge < -0.3 is 14.2 Å². The zero-order valence-electron chi connectivity index (χ0n) is 18.8. The molecule has 32 heavy (non-hydrogen) atoms. The number of hydrazone groups is 1. The molecule has 0 radical (unpaired) electrons. The minimum Gasteiger partial charge on any atom is -0.461 e. The Labute approximate surface area is 187 Å². The molecule has 0 spiro atoms. The molecule has 0 N–H and O–H groups in total. The van der Waals surface area contributed by atoms with Crippen LogP contribution in [-0.4, -0.2) is 71.4 Å². The molecule has 2 aliphatic rings. The monoisotopic (exact) mass is 439 g/mol. The molecule has 1 amide bonds. The number of esters is 1. The maximum Gasteiger partial charge on any atom is 0.354 e. The highest BCUT2D eigenvalue weighted by atomic mass is 16.5. The molecule has 9 heteroatoms. The van der Waals surface area contributed by atoms with E-state index in [-0.39, 0.29) is 24.6 Å². The van der Waals surface area contributed by atoms with Gasteiger partial charge in [0.25, 0.3) is 0 Å². The number of carbonyl (C=O) groups excluding carboxylic acids is 2. The van der Waals surface area contributed by atoms with Crippen LogP contribution >= 0.6 is 0 Å². The van der Waals surface area contributed by atoms with Gasteiger partial charge in [-0.25, -0.2) is 4.79 Å². The highest BCUT2D eigenvalue weighted by Crippen LogP contribution is 2.27. The van der Waals surface area contributed by atoms with E-state index in [4.69, 9.17) is 9.26 Å². The van der Waals surface area contributed by atoms with Crippen LogP contribution < -0.4 is 5.01 Å². The molecule has 0 bridgehead atoms. The maximum atomic E-state index is 13.5. The second-order valence-corrected chi connectivity index (χ2v) is 8.07. The van der Waals surface area contributed by atoms with Crippen LogP contribution in [0.4, 0.5) is 5.69 Å². The molecule has 9 nitrogen and oxygen atoms in total. The number of para-hydroxylation sites is 1. The lowest BCUT2D eigenvalue weighted by atomic mass is 10.1. The third kappa shape index (κ3) is 4.52. The van der Waals surface area contributed by atoms with Gasteiger partial charge in [-0.2, -0.15) is 5.10 Å². The molecule has 0 saturated carbocycles. The first kappa shape index (κ1) is 22.0. The Balaban J connectivity index is 1.43. The number of aryl methyl sites for hydroxylation is 2. The van der Waals surface area contributed by atoms with Crippen molar-refractivity contribution < 1.29 is 18.8 Å². The molecule has 0 aliphatic carbocycles. The molecule has 1 aromatic carbocycles. The average molecular weight is 440 g/mol. The summed E-state index contributed by atoms with van der Waals surface area (Å²) in [6, 6.07) is 8.92. The van der Waals surface area contributed by atoms with Crippen molar-refractivity contribution in [2.45, 2.75) is 39.8 Å². The van der Waals surface area contributed by atoms with Crippen molar-refractivity contribution in [3.05, 3.63) is 47.3 Å². The Kier molecular flexibility index (Phi) is 6.55. The van der Waals surface area contributed by atoms with Gasteiger partial charge in [-0.1, -0.05) is 23.4 Å². The molecule has 2 aliphatic heterocycles. The number of piperazine rings is 1. The van der Waals surface area contributed by atoms with Crippen molar-refractivity contribution in [2.24, 2.45) is 5.10 Å². The number of benzene rings is 1. The number of ether oxygens (including phenoxy) is 1. The summed E-state index contributed by atoms with van der Waals surface area (Å²) < 4.78 is 10.4. The molecule has 2 aromatic rings. The Bertz CT molecular complexity index is 976. The lowest BCUT2D eigenvalue weighted by Crippen LogP contribution is -2.53. The van der Waals surface area contributed by atoms with E-state index in [0.717, 1.165) is 42.3 Å². The number of amides is 1. The van der Waals surface area contributed by atoms with Crippen molar-refractivity contribution in [3.8, 4) is 0 Å². The topological polar surface area (TPSA) is 91.5 Å². The zero-order valence-corrected chi connectivity index (χ0v) is 18.8. The lowest BCUT2D eigenvalue weighted by Gasteiger charge is -2.37. The molecule has 4 rings (SSSR count). The van der Waals surface area contributed by atoms with Crippen molar-refractivity contribution in [2.75, 3.05) is 37.8 Å². The van der Waals surface area contributed by atoms with E-state index in [1.807, 2.05) is 49.1 Å². The van der Waals surface area contributed by atoms with Crippen LogP contribution in [0.2, 0.25) is 0 Å². The fourth-order valence-corrected chi connectivity index (χ4v) is 4.15. The normalized spacial score (nSPS) is 19.2. The molecule has 1 aromatic heterocycles. The number of nitrogens with zero attached hydrogens (tertiary/aromatic N) is 5. The highest BCUT2D eigenvalue weighted by Gasteiger charge is 2.39. The smallest absolute Gasteiger partial charge is 0.354 e. The summed E-state index contributed by atoms with van der Waals surface area (Å²) in [7, 11) is 0. The van der Waals surface area contributed by atoms with E-state index in [0.29, 0.717) is 13.1 Å². The Morgan fingerprint density at radius 3 is 2.47 bits per heavy atom. The summed E-state index contributed by atoms with van der Waals surface area (Å²) >= 11 is 0. The van der Waals surface area contributed by atoms with E-state index >= 15 is 0 Å². The number of aromatic nitrogens is 1. The average Bonchev–Trinajstić information content (AvgIpc) is 3.39. The fourth-order valence-electron chi connectivity index (χ4n) is 4.15. The van der Waals surface area contributed by atoms with Gasteiger partial charge in [0.15, 0.2) is 0 Å². The second kappa shape index (κ2) is 9.52. The van der Waals surface area contributed by atoms with Crippen LogP contribution in [0.5, 0.6) is 0 Å². The second-order valence-electron chi connectivity index (χ2n) is 8.07. The fraction of sp³-hybridized carbons (Fsp3) is 0.478. The van der Waals surface area contributed by atoms with Gasteiger partial charge in [0.2, 0.25) is 5.91 Å². The summed E-state index contributed by atoms with van der Waals surface area (Å²) in [5.74, 6) is 0.357. The van der Waals surface area contributed by atoms with Crippen LogP contribution in [0.15, 0.2) is 40.0 Å². The zero-order chi connectivity index (χ0) is 22.7. The van der Waals surface area contributed by atoms with E-state index < -0.39 is 12.0 Å². The van der Waals surface area contributed by atoms with E-state index in [1.165, 1.54) is 0 Å². The first-order valence-electron chi connectivity index (χ1n) is 11.0. The van der Waals surface area contributed by atoms with Crippen LogP contribution in [0.25, 0.3) is 0 Å². The minimum absolute atomic E-state index is 0.0195. The van der Waals surface area contributed by atoms with Gasteiger partial charge in [0, 0.05) is 44.7 Å². The molecule has 1 fully saturated rings. The summed E-state index contributed by atoms with van der Waals surface area (Å²) in [5, 5.41) is 10.1. The predicted octanol–water partition coefficient (Wildman–Crippen LogP) is 2.13. The molecule has 1 atom stereocenters. The largest absolute Gasteiger partial charge is 0.461 e. The number of anilines is 1. The van der Waals surface area contributed by atoms with Gasteiger partial charge in [-0.3, -0.25) is 14.7 Å². The molecule has 1 unspecified atom stereocenters. The maximum absolute atomic E-state index is 13.5. The van der Waals surface area contributed by atoms with Crippen LogP contribution in [0, 0.1) is 13.8 Å². The molecular formula is C23H29N5O4. The minimum atomic E-state index is -0.550. The Morgan fingerprint density at radius 2 is 1.84 bits per heavy atom. The van der Waals surface area contributed by atoms with E-state index in [2.05, 4.69) is 15.2 Å². The third-order valence-electron chi connectivity index (χ3n) is 5.97. The van der Waals surface area contributed by atoms with Crippen LogP contribution in [0.1, 0.15) is 30.4 Å². The predicted molar refractivity (Wildman–Crippen MR) is 119 cm³/mol. The number of hydrogen-bond acceptors (Lipinski definition) is 8. The van der Waals surface area contributed by atoms with E-state index in [1.54, 1.807) is 11.9 Å². The standard InChI is InChI=1S/C23H29N5O4/c1-4-31-23(30)20-14-21(28(24-20)18-8-6-5-7-9-18)22(29)27-12-10-26(11-13-27)15-19-16(2)25-32-17(19)3/h5-9,21H,4,10-15H2,1-3H3. The summed E-state index contributed by atoms with van der Waals surface area (Å²) in [5.41, 5.74) is 3.09. The summed E-state index contributed by atoms with van der Waals surface area (Å²) in [4.78, 5) is 29.9. The molecule has 3 heterocycles. The lowest BCUT2D eigenvalue weighted by molar-refractivity contribution is -0.135. The van der Waals surface area contributed by atoms with Crippen molar-refractivity contribution in [1.82, 2.24) is 15.0 Å². The Hall–Kier alpha value is -3.20. The summed E-state index contributed by atoms with van der Waals surface area (Å²) in [6.07, 6.45) is 0.242. The van der Waals surface area contributed by atoms with Gasteiger partial charge >= 0.3 is 5.97 Å². The van der Waals surface area contributed by atoms with Gasteiger partial charge in [-0.05, 0) is 32.9 Å². The first-order chi connectivity index (χ1) is 15.5. The molecule has 170 valence electrons. The SMILES string of the molecule is CCOC(=O)C1=NN(c2ccccc2)C(C(=O)N2CCN(Cc3c(C)noc3C)CC2)C1. The number of rotatable bonds is 6. The number of hydrogen-bond donors (Lipinski definition) is 0. The number of carbonyl (C=O) groups is 2. The van der Waals surface area contributed by atoms with Crippen molar-refractivity contribution >= 4 is 23.3 Å². The van der Waals surface area contributed by atoms with Gasteiger partial charge in [0.1, 0.15) is 17.5 Å². The third-order valence-corrected chi connectivity index (χ3v) is 5.97. The van der Waals surface area contributed by atoms with Crippen molar-refractivity contribution in [3.63, 3.8) is 0 Å². The van der Waals surface area contributed by atoms with Crippen LogP contribution in [-0.2, 0) is 20.9 Å². The van der Waals surface area contributed by atoms with Crippen LogP contribution in [0.3, 0.4) is 0 Å². The molecule has 1 saturated heterocycles. The van der Waals surface area contributed by atoms with Gasteiger partial charge in [0.05, 0.1) is 18.0 Å². The first-order valence-corrected chi connectivity index (χ1v) is 11.0. The van der Waals surface area contributed by atoms with Crippen molar-refractivity contribution in [1.29, 1.82) is 0 Å². The molecular weight excluding hydrogens is 410 g/mol. The highest BCUT2D eigenvalue weighted by molar-refractivity contribution is 6.38. The summed E-state index contributed by atoms with van der Waals surface area (Å²) in [6.45, 7) is 9.44. The van der Waals surface area contributed by atoms with E-state index in [9.17, 15) is 9.59 Å².